The van der Waals surface area contributed by atoms with Gasteiger partial charge in [-0.3, -0.25) is 9.69 Å². The Morgan fingerprint density at radius 3 is 2.61 bits per heavy atom. The Kier molecular flexibility index (Phi) is 7.67. The van der Waals surface area contributed by atoms with Gasteiger partial charge in [-0.1, -0.05) is 18.2 Å². The van der Waals surface area contributed by atoms with Crippen molar-refractivity contribution < 1.29 is 27.5 Å². The Morgan fingerprint density at radius 2 is 1.89 bits per heavy atom. The molecule has 1 amide bonds. The normalized spacial score (nSPS) is 25.6. The number of pyridine rings is 1. The molecule has 204 valence electrons. The predicted molar refractivity (Wildman–Crippen MR) is 132 cm³/mol. The topological polar surface area (TPSA) is 82.8 Å². The summed E-state index contributed by atoms with van der Waals surface area (Å²) in [6, 6.07) is 4.97. The van der Waals surface area contributed by atoms with Crippen molar-refractivity contribution in [3.63, 3.8) is 0 Å². The van der Waals surface area contributed by atoms with E-state index in [1.165, 1.54) is 18.5 Å². The summed E-state index contributed by atoms with van der Waals surface area (Å²) in [4.78, 5) is 19.7. The third-order valence-corrected chi connectivity index (χ3v) is 7.96. The maximum absolute atomic E-state index is 14.6. The monoisotopic (exact) mass is 533 g/mol. The number of alkyl halides is 3. The van der Waals surface area contributed by atoms with E-state index >= 15 is 0 Å². The number of β-amino-alcohol motifs (C(OH)–C–C–N with tert-alkyl or cyclic N) is 1. The Balaban J connectivity index is 1.31. The predicted octanol–water partition coefficient (Wildman–Crippen LogP) is 4.73. The summed E-state index contributed by atoms with van der Waals surface area (Å²) in [6.07, 6.45) is 1.68. The number of carbonyl (C=O) groups is 1. The minimum absolute atomic E-state index is 0.0153. The van der Waals surface area contributed by atoms with E-state index in [0.717, 1.165) is 37.3 Å². The van der Waals surface area contributed by atoms with Crippen LogP contribution in [0, 0.1) is 5.82 Å². The molecule has 5 rings (SSSR count). The number of likely N-dealkylation sites (tertiary alicyclic amines) is 1. The van der Waals surface area contributed by atoms with Gasteiger partial charge in [0, 0.05) is 36.5 Å². The fourth-order valence-electron chi connectivity index (χ4n) is 5.82. The minimum atomic E-state index is -2.95. The highest BCUT2D eigenvalue weighted by Gasteiger charge is 2.34. The molecule has 2 unspecified atom stereocenters. The number of aliphatic hydroxyl groups excluding tert-OH is 1. The van der Waals surface area contributed by atoms with Crippen LogP contribution in [0.1, 0.15) is 84.5 Å². The summed E-state index contributed by atoms with van der Waals surface area (Å²) in [5, 5.41) is 16.9. The number of piperidine rings is 1. The number of benzene rings is 1. The average molecular weight is 534 g/mol. The van der Waals surface area contributed by atoms with Crippen LogP contribution < -0.4 is 5.32 Å². The van der Waals surface area contributed by atoms with E-state index in [-0.39, 0.29) is 17.5 Å². The lowest BCUT2D eigenvalue weighted by atomic mass is 9.80. The molecule has 0 spiro atoms. The van der Waals surface area contributed by atoms with E-state index in [1.807, 2.05) is 0 Å². The van der Waals surface area contributed by atoms with E-state index in [1.54, 1.807) is 23.7 Å². The van der Waals surface area contributed by atoms with Crippen LogP contribution in [0.2, 0.25) is 0 Å². The molecule has 38 heavy (non-hydrogen) atoms. The summed E-state index contributed by atoms with van der Waals surface area (Å²) in [7, 11) is 0. The van der Waals surface area contributed by atoms with Crippen LogP contribution in [0.25, 0.3) is 5.65 Å². The fraction of sp³-hybridized carbons (Fsp3) is 0.519. The van der Waals surface area contributed by atoms with Gasteiger partial charge < -0.3 is 10.4 Å². The second-order valence-electron chi connectivity index (χ2n) is 10.3. The molecule has 11 heteroatoms. The van der Waals surface area contributed by atoms with Crippen LogP contribution in [0.3, 0.4) is 0 Å². The first kappa shape index (κ1) is 26.6. The molecular weight excluding hydrogens is 502 g/mol. The molecule has 1 saturated heterocycles. The van der Waals surface area contributed by atoms with Crippen molar-refractivity contribution in [2.75, 3.05) is 13.1 Å². The maximum atomic E-state index is 14.6. The zero-order chi connectivity index (χ0) is 27.0. The van der Waals surface area contributed by atoms with Crippen LogP contribution in [-0.4, -0.2) is 61.9 Å². The molecule has 3 atom stereocenters. The number of hydrogen-bond donors (Lipinski definition) is 2. The van der Waals surface area contributed by atoms with E-state index in [2.05, 4.69) is 20.3 Å². The quantitative estimate of drug-likeness (QED) is 0.448. The summed E-state index contributed by atoms with van der Waals surface area (Å²) in [6.45, 7) is 2.53. The van der Waals surface area contributed by atoms with Crippen molar-refractivity contribution in [1.82, 2.24) is 24.8 Å². The van der Waals surface area contributed by atoms with Crippen LogP contribution in [0.4, 0.5) is 17.6 Å². The second kappa shape index (κ2) is 11.0. The van der Waals surface area contributed by atoms with Crippen molar-refractivity contribution in [2.45, 2.75) is 75.7 Å². The third-order valence-electron chi connectivity index (χ3n) is 7.96. The fourth-order valence-corrected chi connectivity index (χ4v) is 5.82. The number of hydrogen-bond acceptors (Lipinski definition) is 5. The molecule has 1 aromatic carbocycles. The number of rotatable bonds is 6. The second-order valence-corrected chi connectivity index (χ2v) is 10.3. The highest BCUT2D eigenvalue weighted by Crippen LogP contribution is 2.37. The van der Waals surface area contributed by atoms with Gasteiger partial charge in [0.25, 0.3) is 12.3 Å². The molecule has 2 aliphatic rings. The van der Waals surface area contributed by atoms with Crippen LogP contribution in [0.15, 0.2) is 36.8 Å². The lowest BCUT2D eigenvalue weighted by Crippen LogP contribution is -2.50. The van der Waals surface area contributed by atoms with Crippen molar-refractivity contribution in [1.29, 1.82) is 0 Å². The first-order chi connectivity index (χ1) is 18.2. The number of aromatic nitrogens is 3. The molecule has 3 heterocycles. The zero-order valence-corrected chi connectivity index (χ0v) is 21.0. The number of carbonyl (C=O) groups excluding carboxylic acids is 1. The van der Waals surface area contributed by atoms with Crippen molar-refractivity contribution in [2.24, 2.45) is 0 Å². The van der Waals surface area contributed by atoms with Crippen LogP contribution in [-0.2, 0) is 0 Å². The maximum Gasteiger partial charge on any atom is 0.266 e. The molecule has 3 aromatic rings. The van der Waals surface area contributed by atoms with Gasteiger partial charge in [0.05, 0.1) is 23.3 Å². The molecule has 1 saturated carbocycles. The van der Waals surface area contributed by atoms with Gasteiger partial charge in [-0.25, -0.2) is 27.1 Å². The van der Waals surface area contributed by atoms with Gasteiger partial charge >= 0.3 is 0 Å². The molecule has 2 N–H and O–H groups in total. The number of amides is 1. The van der Waals surface area contributed by atoms with Gasteiger partial charge in [0.15, 0.2) is 5.65 Å². The first-order valence-electron chi connectivity index (χ1n) is 13.0. The van der Waals surface area contributed by atoms with E-state index in [0.29, 0.717) is 30.7 Å². The number of halogens is 4. The highest BCUT2D eigenvalue weighted by molar-refractivity contribution is 5.94. The molecule has 7 nitrogen and oxygen atoms in total. The lowest BCUT2D eigenvalue weighted by molar-refractivity contribution is -0.0182. The average Bonchev–Trinajstić information content (AvgIpc) is 3.38. The van der Waals surface area contributed by atoms with Gasteiger partial charge in [0.2, 0.25) is 0 Å². The van der Waals surface area contributed by atoms with Crippen molar-refractivity contribution >= 4 is 11.6 Å². The van der Waals surface area contributed by atoms with E-state index in [9.17, 15) is 27.5 Å². The number of nitrogens with zero attached hydrogens (tertiary/aromatic N) is 4. The molecule has 0 bridgehead atoms. The third kappa shape index (κ3) is 5.26. The van der Waals surface area contributed by atoms with Crippen LogP contribution in [0.5, 0.6) is 0 Å². The minimum Gasteiger partial charge on any atom is -0.389 e. The standard InChI is InChI=1S/C27H31F4N5O2/c1-15(19-3-2-4-20(24(19)29)25(30)31)34-27(38)17-11-21(26-32-14-33-36(26)12-17)16-5-7-18(8-6-16)35-10-9-22(28)23(37)13-35/h2-4,11-12,14-16,18,22-23,25,37H,5-10,13H2,1H3,(H,34,38)/t15-,16?,18?,22?,23?/m1/s1. The largest absolute Gasteiger partial charge is 0.389 e. The SMILES string of the molecule is C[C@@H](NC(=O)c1cc(C2CCC(N3CCC(F)C(O)C3)CC2)c2ncnn2c1)c1cccc(C(F)F)c1F. The molecule has 1 aliphatic carbocycles. The first-order valence-corrected chi connectivity index (χ1v) is 13.0. The van der Waals surface area contributed by atoms with Gasteiger partial charge in [-0.15, -0.1) is 0 Å². The Bertz CT molecular complexity index is 1290. The molecule has 2 fully saturated rings. The number of nitrogens with one attached hydrogen (secondary N) is 1. The smallest absolute Gasteiger partial charge is 0.266 e. The summed E-state index contributed by atoms with van der Waals surface area (Å²) < 4.78 is 56.1. The van der Waals surface area contributed by atoms with E-state index < -0.39 is 42.0 Å². The highest BCUT2D eigenvalue weighted by atomic mass is 19.3. The summed E-state index contributed by atoms with van der Waals surface area (Å²) >= 11 is 0. The molecule has 0 radical (unpaired) electrons. The van der Waals surface area contributed by atoms with E-state index in [4.69, 9.17) is 0 Å². The number of aliphatic hydroxyl groups is 1. The summed E-state index contributed by atoms with van der Waals surface area (Å²) in [5.74, 6) is -1.37. The van der Waals surface area contributed by atoms with Crippen molar-refractivity contribution in [3.8, 4) is 0 Å². The Morgan fingerprint density at radius 1 is 1.16 bits per heavy atom. The van der Waals surface area contributed by atoms with Gasteiger partial charge in [-0.2, -0.15) is 5.10 Å². The summed E-state index contributed by atoms with van der Waals surface area (Å²) in [5.41, 5.74) is 1.13. The molecule has 1 aliphatic heterocycles. The number of fused-ring (bicyclic) bond motifs is 1. The van der Waals surface area contributed by atoms with Gasteiger partial charge in [0.1, 0.15) is 18.3 Å². The Labute approximate surface area is 217 Å². The molecular formula is C27H31F4N5O2. The van der Waals surface area contributed by atoms with Crippen molar-refractivity contribution in [3.05, 3.63) is 64.9 Å². The Hall–Kier alpha value is -3.05. The molecule has 2 aromatic heterocycles. The van der Waals surface area contributed by atoms with Crippen LogP contribution >= 0.6 is 0 Å². The zero-order valence-electron chi connectivity index (χ0n) is 21.0. The van der Waals surface area contributed by atoms with Gasteiger partial charge in [-0.05, 0) is 51.0 Å². The lowest BCUT2D eigenvalue weighted by Gasteiger charge is -2.41.